The first-order valence-corrected chi connectivity index (χ1v) is 6.13. The highest BCUT2D eigenvalue weighted by atomic mass is 15.5. The summed E-state index contributed by atoms with van der Waals surface area (Å²) in [5, 5.41) is 12.1. The molecule has 5 heteroatoms. The number of aryl methyl sites for hydroxylation is 1. The van der Waals surface area contributed by atoms with Crippen molar-refractivity contribution in [1.29, 1.82) is 0 Å². The largest absolute Gasteiger partial charge is 0.304 e. The van der Waals surface area contributed by atoms with Crippen molar-refractivity contribution < 1.29 is 0 Å². The van der Waals surface area contributed by atoms with Crippen molar-refractivity contribution in [3.05, 3.63) is 11.9 Å². The Balaban J connectivity index is 2.06. The zero-order valence-corrected chi connectivity index (χ0v) is 11.5. The van der Waals surface area contributed by atoms with Crippen LogP contribution in [0.3, 0.4) is 0 Å². The first-order valence-electron chi connectivity index (χ1n) is 6.13. The van der Waals surface area contributed by atoms with Crippen LogP contribution in [-0.4, -0.2) is 44.1 Å². The molecule has 1 aromatic rings. The molecule has 1 fully saturated rings. The van der Waals surface area contributed by atoms with Crippen LogP contribution in [0.4, 0.5) is 0 Å². The quantitative estimate of drug-likeness (QED) is 0.825. The zero-order chi connectivity index (χ0) is 12.7. The first kappa shape index (κ1) is 12.5. The Hall–Kier alpha value is -0.940. The molecule has 5 nitrogen and oxygen atoms in total. The molecule has 0 saturated carbocycles. The van der Waals surface area contributed by atoms with Gasteiger partial charge in [0.2, 0.25) is 0 Å². The monoisotopic (exact) mass is 237 g/mol. The van der Waals surface area contributed by atoms with Gasteiger partial charge < -0.3 is 5.32 Å². The van der Waals surface area contributed by atoms with Crippen LogP contribution in [0.25, 0.3) is 0 Å². The van der Waals surface area contributed by atoms with E-state index in [-0.39, 0.29) is 11.1 Å². The highest BCUT2D eigenvalue weighted by molar-refractivity contribution is 5.00. The highest BCUT2D eigenvalue weighted by Crippen LogP contribution is 2.21. The van der Waals surface area contributed by atoms with Gasteiger partial charge in [0.1, 0.15) is 0 Å². The summed E-state index contributed by atoms with van der Waals surface area (Å²) in [5.74, 6) is 0. The van der Waals surface area contributed by atoms with E-state index in [1.54, 1.807) is 4.80 Å². The summed E-state index contributed by atoms with van der Waals surface area (Å²) in [6, 6.07) is 0. The molecular formula is C12H23N5. The van der Waals surface area contributed by atoms with Gasteiger partial charge in [-0.15, -0.1) is 0 Å². The molecule has 0 aromatic carbocycles. The van der Waals surface area contributed by atoms with Crippen LogP contribution in [0, 0.1) is 0 Å². The summed E-state index contributed by atoms with van der Waals surface area (Å²) < 4.78 is 0. The van der Waals surface area contributed by atoms with Crippen LogP contribution in [0.1, 0.15) is 33.4 Å². The lowest BCUT2D eigenvalue weighted by Crippen LogP contribution is -2.66. The average Bonchev–Trinajstić information content (AvgIpc) is 2.44. The van der Waals surface area contributed by atoms with Crippen molar-refractivity contribution >= 4 is 0 Å². The van der Waals surface area contributed by atoms with Crippen molar-refractivity contribution in [2.75, 3.05) is 13.1 Å². The number of hydrogen-bond acceptors (Lipinski definition) is 4. The number of rotatable bonds is 2. The normalized spacial score (nSPS) is 23.8. The van der Waals surface area contributed by atoms with Crippen LogP contribution in [0.5, 0.6) is 0 Å². The molecule has 2 heterocycles. The van der Waals surface area contributed by atoms with Crippen LogP contribution in [-0.2, 0) is 13.6 Å². The summed E-state index contributed by atoms with van der Waals surface area (Å²) in [7, 11) is 1.86. The molecule has 0 unspecified atom stereocenters. The van der Waals surface area contributed by atoms with Crippen molar-refractivity contribution in [1.82, 2.24) is 25.2 Å². The second kappa shape index (κ2) is 4.07. The maximum atomic E-state index is 4.34. The molecule has 0 bridgehead atoms. The van der Waals surface area contributed by atoms with Gasteiger partial charge in [-0.1, -0.05) is 0 Å². The fourth-order valence-corrected chi connectivity index (χ4v) is 2.97. The highest BCUT2D eigenvalue weighted by Gasteiger charge is 2.36. The molecule has 0 atom stereocenters. The fraction of sp³-hybridized carbons (Fsp3) is 0.833. The zero-order valence-electron chi connectivity index (χ0n) is 11.5. The van der Waals surface area contributed by atoms with Gasteiger partial charge in [-0.2, -0.15) is 15.0 Å². The van der Waals surface area contributed by atoms with Gasteiger partial charge in [0, 0.05) is 37.8 Å². The van der Waals surface area contributed by atoms with E-state index in [0.29, 0.717) is 0 Å². The molecule has 1 saturated heterocycles. The summed E-state index contributed by atoms with van der Waals surface area (Å²) in [4.78, 5) is 4.06. The molecule has 2 rings (SSSR count). The van der Waals surface area contributed by atoms with E-state index in [1.165, 1.54) is 0 Å². The van der Waals surface area contributed by atoms with E-state index in [0.717, 1.165) is 25.3 Å². The number of nitrogens with zero attached hydrogens (tertiary/aromatic N) is 4. The summed E-state index contributed by atoms with van der Waals surface area (Å²) >= 11 is 0. The third kappa shape index (κ3) is 3.26. The number of aromatic nitrogens is 3. The van der Waals surface area contributed by atoms with Gasteiger partial charge in [0.25, 0.3) is 0 Å². The number of hydrogen-bond donors (Lipinski definition) is 1. The van der Waals surface area contributed by atoms with Gasteiger partial charge >= 0.3 is 0 Å². The Morgan fingerprint density at radius 2 is 1.82 bits per heavy atom. The molecule has 17 heavy (non-hydrogen) atoms. The SMILES string of the molecule is Cn1ncc(CN2CC(C)(C)NC(C)(C)C2)n1. The van der Waals surface area contributed by atoms with Crippen molar-refractivity contribution in [2.24, 2.45) is 7.05 Å². The van der Waals surface area contributed by atoms with E-state index in [4.69, 9.17) is 0 Å². The summed E-state index contributed by atoms with van der Waals surface area (Å²) in [6.45, 7) is 11.9. The van der Waals surface area contributed by atoms with Gasteiger partial charge in [-0.25, -0.2) is 0 Å². The minimum Gasteiger partial charge on any atom is -0.304 e. The lowest BCUT2D eigenvalue weighted by atomic mass is 9.91. The molecule has 0 aliphatic carbocycles. The van der Waals surface area contributed by atoms with Crippen molar-refractivity contribution in [3.8, 4) is 0 Å². The Kier molecular flexibility index (Phi) is 2.99. The van der Waals surface area contributed by atoms with Crippen LogP contribution in [0.15, 0.2) is 6.20 Å². The Morgan fingerprint density at radius 3 is 2.29 bits per heavy atom. The molecule has 1 N–H and O–H groups in total. The van der Waals surface area contributed by atoms with E-state index in [2.05, 4.69) is 48.1 Å². The predicted octanol–water partition coefficient (Wildman–Crippen LogP) is 0.777. The Labute approximate surface area is 103 Å². The minimum absolute atomic E-state index is 0.143. The second-order valence-electron chi connectivity index (χ2n) is 6.36. The van der Waals surface area contributed by atoms with Gasteiger partial charge in [0.05, 0.1) is 11.9 Å². The number of piperazine rings is 1. The van der Waals surface area contributed by atoms with Crippen molar-refractivity contribution in [3.63, 3.8) is 0 Å². The molecule has 1 aliphatic heterocycles. The smallest absolute Gasteiger partial charge is 0.0967 e. The maximum Gasteiger partial charge on any atom is 0.0967 e. The van der Waals surface area contributed by atoms with Crippen LogP contribution < -0.4 is 5.32 Å². The van der Waals surface area contributed by atoms with Gasteiger partial charge in [0.15, 0.2) is 0 Å². The third-order valence-corrected chi connectivity index (χ3v) is 2.95. The standard InChI is InChI=1S/C12H23N5/c1-11(2)8-17(9-12(3,4)15-11)7-10-6-13-16(5)14-10/h6,15H,7-9H2,1-5H3. The predicted molar refractivity (Wildman–Crippen MR) is 67.6 cm³/mol. The third-order valence-electron chi connectivity index (χ3n) is 2.95. The van der Waals surface area contributed by atoms with Crippen molar-refractivity contribution in [2.45, 2.75) is 45.3 Å². The lowest BCUT2D eigenvalue weighted by Gasteiger charge is -2.48. The van der Waals surface area contributed by atoms with Gasteiger partial charge in [-0.3, -0.25) is 4.90 Å². The second-order valence-corrected chi connectivity index (χ2v) is 6.36. The fourth-order valence-electron chi connectivity index (χ4n) is 2.97. The molecule has 0 spiro atoms. The Bertz CT molecular complexity index is 377. The average molecular weight is 237 g/mol. The van der Waals surface area contributed by atoms with E-state index < -0.39 is 0 Å². The Morgan fingerprint density at radius 1 is 1.24 bits per heavy atom. The molecular weight excluding hydrogens is 214 g/mol. The van der Waals surface area contributed by atoms with Crippen LogP contribution >= 0.6 is 0 Å². The molecule has 96 valence electrons. The summed E-state index contributed by atoms with van der Waals surface area (Å²) in [6.07, 6.45) is 1.85. The first-order chi connectivity index (χ1) is 7.76. The van der Waals surface area contributed by atoms with E-state index in [9.17, 15) is 0 Å². The topological polar surface area (TPSA) is 46.0 Å². The number of nitrogens with one attached hydrogen (secondary N) is 1. The molecule has 0 radical (unpaired) electrons. The molecule has 1 aromatic heterocycles. The summed E-state index contributed by atoms with van der Waals surface area (Å²) in [5.41, 5.74) is 1.33. The van der Waals surface area contributed by atoms with Crippen LogP contribution in [0.2, 0.25) is 0 Å². The van der Waals surface area contributed by atoms with E-state index in [1.807, 2.05) is 13.2 Å². The minimum atomic E-state index is 0.143. The molecule has 1 aliphatic rings. The molecule has 0 amide bonds. The lowest BCUT2D eigenvalue weighted by molar-refractivity contribution is 0.0718. The van der Waals surface area contributed by atoms with E-state index >= 15 is 0 Å². The van der Waals surface area contributed by atoms with Gasteiger partial charge in [-0.05, 0) is 27.7 Å². The maximum absolute atomic E-state index is 4.34.